The lowest BCUT2D eigenvalue weighted by Crippen LogP contribution is -2.31. The fourth-order valence-corrected chi connectivity index (χ4v) is 2.54. The zero-order valence-electron chi connectivity index (χ0n) is 10.3. The number of aryl methyl sites for hydroxylation is 1. The molecule has 2 rings (SSSR count). The van der Waals surface area contributed by atoms with E-state index < -0.39 is 0 Å². The smallest absolute Gasteiger partial charge is 0.224 e. The number of carbonyl (C=O) groups excluding carboxylic acids is 1. The Labute approximate surface area is 124 Å². The lowest BCUT2D eigenvalue weighted by Gasteiger charge is -2.08. The molecule has 18 heavy (non-hydrogen) atoms. The molecule has 1 saturated heterocycles. The van der Waals surface area contributed by atoms with E-state index in [1.54, 1.807) is 11.3 Å². The number of aromatic nitrogens is 1. The SMILES string of the molecule is CCc1nc(CNC(=O)C2CCNC2)cs1.Cl.Cl. The fourth-order valence-electron chi connectivity index (χ4n) is 1.79. The highest BCUT2D eigenvalue weighted by Crippen LogP contribution is 2.11. The van der Waals surface area contributed by atoms with Gasteiger partial charge in [-0.3, -0.25) is 4.79 Å². The summed E-state index contributed by atoms with van der Waals surface area (Å²) in [5, 5.41) is 9.28. The molecule has 0 aliphatic carbocycles. The summed E-state index contributed by atoms with van der Waals surface area (Å²) in [6, 6.07) is 0. The number of nitrogens with zero attached hydrogens (tertiary/aromatic N) is 1. The van der Waals surface area contributed by atoms with Gasteiger partial charge in [-0.15, -0.1) is 36.2 Å². The quantitative estimate of drug-likeness (QED) is 0.891. The third kappa shape index (κ3) is 4.72. The Bertz CT molecular complexity index is 367. The summed E-state index contributed by atoms with van der Waals surface area (Å²) in [6.07, 6.45) is 1.91. The van der Waals surface area contributed by atoms with Crippen LogP contribution in [-0.4, -0.2) is 24.0 Å². The van der Waals surface area contributed by atoms with Gasteiger partial charge in [-0.1, -0.05) is 6.92 Å². The van der Waals surface area contributed by atoms with Crippen molar-refractivity contribution in [2.24, 2.45) is 5.92 Å². The minimum atomic E-state index is 0. The number of rotatable bonds is 4. The van der Waals surface area contributed by atoms with Crippen LogP contribution in [0.15, 0.2) is 5.38 Å². The maximum Gasteiger partial charge on any atom is 0.224 e. The molecule has 1 fully saturated rings. The maximum atomic E-state index is 11.7. The van der Waals surface area contributed by atoms with Crippen LogP contribution in [0.2, 0.25) is 0 Å². The van der Waals surface area contributed by atoms with E-state index in [9.17, 15) is 4.79 Å². The first-order valence-corrected chi connectivity index (χ1v) is 6.59. The summed E-state index contributed by atoms with van der Waals surface area (Å²) >= 11 is 1.66. The van der Waals surface area contributed by atoms with Gasteiger partial charge in [0.2, 0.25) is 5.91 Å². The van der Waals surface area contributed by atoms with E-state index in [4.69, 9.17) is 0 Å². The third-order valence-electron chi connectivity index (χ3n) is 2.78. The molecule has 0 aromatic carbocycles. The van der Waals surface area contributed by atoms with Gasteiger partial charge in [0.1, 0.15) is 0 Å². The molecule has 2 heterocycles. The lowest BCUT2D eigenvalue weighted by molar-refractivity contribution is -0.124. The molecule has 0 saturated carbocycles. The molecule has 7 heteroatoms. The van der Waals surface area contributed by atoms with Gasteiger partial charge in [-0.2, -0.15) is 0 Å². The van der Waals surface area contributed by atoms with Crippen molar-refractivity contribution in [1.29, 1.82) is 0 Å². The van der Waals surface area contributed by atoms with Crippen molar-refractivity contribution in [2.75, 3.05) is 13.1 Å². The number of hydrogen-bond donors (Lipinski definition) is 2. The largest absolute Gasteiger partial charge is 0.350 e. The van der Waals surface area contributed by atoms with Gasteiger partial charge in [-0.25, -0.2) is 4.98 Å². The fraction of sp³-hybridized carbons (Fsp3) is 0.636. The molecule has 4 nitrogen and oxygen atoms in total. The standard InChI is InChI=1S/C11H17N3OS.2ClH/c1-2-10-14-9(7-16-10)6-13-11(15)8-3-4-12-5-8;;/h7-8,12H,2-6H2,1H3,(H,13,15);2*1H. The monoisotopic (exact) mass is 311 g/mol. The summed E-state index contributed by atoms with van der Waals surface area (Å²) in [5.74, 6) is 0.292. The Morgan fingerprint density at radius 1 is 1.61 bits per heavy atom. The first-order chi connectivity index (χ1) is 7.79. The number of halogens is 2. The van der Waals surface area contributed by atoms with E-state index >= 15 is 0 Å². The number of amides is 1. The molecule has 1 aromatic rings. The van der Waals surface area contributed by atoms with Crippen LogP contribution in [0.3, 0.4) is 0 Å². The van der Waals surface area contributed by atoms with Gasteiger partial charge in [0, 0.05) is 11.9 Å². The molecular weight excluding hydrogens is 293 g/mol. The molecule has 0 radical (unpaired) electrons. The van der Waals surface area contributed by atoms with Crippen molar-refractivity contribution in [3.05, 3.63) is 16.1 Å². The highest BCUT2D eigenvalue weighted by Gasteiger charge is 2.21. The van der Waals surface area contributed by atoms with Crippen molar-refractivity contribution in [3.63, 3.8) is 0 Å². The van der Waals surface area contributed by atoms with Crippen LogP contribution in [0, 0.1) is 5.92 Å². The van der Waals surface area contributed by atoms with Crippen LogP contribution in [0.5, 0.6) is 0 Å². The highest BCUT2D eigenvalue weighted by atomic mass is 35.5. The van der Waals surface area contributed by atoms with Crippen molar-refractivity contribution < 1.29 is 4.79 Å². The molecule has 1 atom stereocenters. The molecule has 2 N–H and O–H groups in total. The van der Waals surface area contributed by atoms with E-state index in [1.807, 2.05) is 5.38 Å². The molecule has 1 amide bonds. The summed E-state index contributed by atoms with van der Waals surface area (Å²) in [5.41, 5.74) is 0.973. The van der Waals surface area contributed by atoms with Crippen LogP contribution in [0.25, 0.3) is 0 Å². The van der Waals surface area contributed by atoms with Crippen molar-refractivity contribution in [2.45, 2.75) is 26.3 Å². The predicted octanol–water partition coefficient (Wildman–Crippen LogP) is 1.77. The second-order valence-corrected chi connectivity index (χ2v) is 4.94. The maximum absolute atomic E-state index is 11.7. The zero-order chi connectivity index (χ0) is 11.4. The van der Waals surface area contributed by atoms with E-state index in [0.717, 1.165) is 36.6 Å². The van der Waals surface area contributed by atoms with E-state index in [-0.39, 0.29) is 36.6 Å². The van der Waals surface area contributed by atoms with Crippen LogP contribution >= 0.6 is 36.2 Å². The molecule has 1 unspecified atom stereocenters. The molecule has 0 bridgehead atoms. The Morgan fingerprint density at radius 2 is 2.39 bits per heavy atom. The van der Waals surface area contributed by atoms with Crippen molar-refractivity contribution >= 4 is 42.1 Å². The number of hydrogen-bond acceptors (Lipinski definition) is 4. The zero-order valence-corrected chi connectivity index (χ0v) is 12.7. The highest BCUT2D eigenvalue weighted by molar-refractivity contribution is 7.09. The second kappa shape index (κ2) is 8.69. The molecule has 1 aromatic heterocycles. The van der Waals surface area contributed by atoms with Crippen LogP contribution in [0.1, 0.15) is 24.0 Å². The van der Waals surface area contributed by atoms with Gasteiger partial charge < -0.3 is 10.6 Å². The average Bonchev–Trinajstić information content (AvgIpc) is 2.96. The Hall–Kier alpha value is -0.360. The Morgan fingerprint density at radius 3 is 2.94 bits per heavy atom. The van der Waals surface area contributed by atoms with E-state index in [0.29, 0.717) is 6.54 Å². The number of carbonyl (C=O) groups is 1. The third-order valence-corrected chi connectivity index (χ3v) is 3.82. The van der Waals surface area contributed by atoms with Gasteiger partial charge in [0.25, 0.3) is 0 Å². The summed E-state index contributed by atoms with van der Waals surface area (Å²) in [7, 11) is 0. The summed E-state index contributed by atoms with van der Waals surface area (Å²) in [4.78, 5) is 16.1. The van der Waals surface area contributed by atoms with E-state index in [1.165, 1.54) is 0 Å². The summed E-state index contributed by atoms with van der Waals surface area (Å²) in [6.45, 7) is 4.41. The molecule has 0 spiro atoms. The number of thiazole rings is 1. The molecule has 104 valence electrons. The van der Waals surface area contributed by atoms with Crippen molar-refractivity contribution in [3.8, 4) is 0 Å². The van der Waals surface area contributed by atoms with Gasteiger partial charge in [0.05, 0.1) is 23.2 Å². The normalized spacial score (nSPS) is 17.7. The van der Waals surface area contributed by atoms with Gasteiger partial charge >= 0.3 is 0 Å². The number of nitrogens with one attached hydrogen (secondary N) is 2. The van der Waals surface area contributed by atoms with Crippen LogP contribution < -0.4 is 10.6 Å². The molecule has 1 aliphatic heterocycles. The van der Waals surface area contributed by atoms with Crippen LogP contribution in [0.4, 0.5) is 0 Å². The second-order valence-electron chi connectivity index (χ2n) is 3.99. The molecular formula is C11H19Cl2N3OS. The average molecular weight is 312 g/mol. The predicted molar refractivity (Wildman–Crippen MR) is 78.8 cm³/mol. The van der Waals surface area contributed by atoms with Crippen LogP contribution in [-0.2, 0) is 17.8 Å². The summed E-state index contributed by atoms with van der Waals surface area (Å²) < 4.78 is 0. The Kier molecular flexibility index (Phi) is 8.52. The first kappa shape index (κ1) is 17.6. The van der Waals surface area contributed by atoms with Gasteiger partial charge in [0.15, 0.2) is 0 Å². The Balaban J connectivity index is 0.00000144. The minimum absolute atomic E-state index is 0. The lowest BCUT2D eigenvalue weighted by atomic mass is 10.1. The van der Waals surface area contributed by atoms with E-state index in [2.05, 4.69) is 22.5 Å². The topological polar surface area (TPSA) is 54.0 Å². The minimum Gasteiger partial charge on any atom is -0.350 e. The first-order valence-electron chi connectivity index (χ1n) is 5.71. The van der Waals surface area contributed by atoms with Gasteiger partial charge in [-0.05, 0) is 19.4 Å². The molecule has 1 aliphatic rings. The van der Waals surface area contributed by atoms with Crippen molar-refractivity contribution in [1.82, 2.24) is 15.6 Å².